The van der Waals surface area contributed by atoms with Gasteiger partial charge in [-0.3, -0.25) is 0 Å². The second-order valence-corrected chi connectivity index (χ2v) is 14.7. The van der Waals surface area contributed by atoms with Crippen molar-refractivity contribution in [2.45, 2.75) is 30.6 Å². The molecule has 0 unspecified atom stereocenters. The minimum atomic E-state index is -3.92. The number of aryl methyl sites for hydroxylation is 3. The summed E-state index contributed by atoms with van der Waals surface area (Å²) in [5.74, 6) is 0.322. The van der Waals surface area contributed by atoms with E-state index >= 15 is 0 Å². The molecule has 7 rings (SSSR count). The number of hydrogen-bond donors (Lipinski definition) is 0. The Kier molecular flexibility index (Phi) is 6.72. The van der Waals surface area contributed by atoms with Gasteiger partial charge in [-0.2, -0.15) is 0 Å². The predicted octanol–water partition coefficient (Wildman–Crippen LogP) is 7.12. The van der Waals surface area contributed by atoms with Crippen LogP contribution in [0.2, 0.25) is 0 Å². The number of aromatic nitrogens is 4. The summed E-state index contributed by atoms with van der Waals surface area (Å²) in [5, 5.41) is 1.39. The molecule has 0 amide bonds. The van der Waals surface area contributed by atoms with E-state index in [2.05, 4.69) is 4.98 Å². The van der Waals surface area contributed by atoms with E-state index in [9.17, 15) is 16.8 Å². The third-order valence-corrected chi connectivity index (χ3v) is 11.4. The van der Waals surface area contributed by atoms with Crippen LogP contribution < -0.4 is 0 Å². The van der Waals surface area contributed by atoms with Crippen molar-refractivity contribution < 1.29 is 16.8 Å². The van der Waals surface area contributed by atoms with Crippen LogP contribution in [0.1, 0.15) is 16.7 Å². The maximum atomic E-state index is 13.8. The fourth-order valence-electron chi connectivity index (χ4n) is 5.56. The van der Waals surface area contributed by atoms with E-state index in [0.29, 0.717) is 44.5 Å². The van der Waals surface area contributed by atoms with Crippen molar-refractivity contribution in [3.8, 4) is 22.6 Å². The topological polar surface area (TPSA) is 104 Å². The van der Waals surface area contributed by atoms with E-state index in [-0.39, 0.29) is 9.79 Å². The first-order valence-electron chi connectivity index (χ1n) is 14.2. The Labute approximate surface area is 261 Å². The van der Waals surface area contributed by atoms with Crippen molar-refractivity contribution in [2.24, 2.45) is 0 Å². The number of nitrogens with zero attached hydrogens (tertiary/aromatic N) is 4. The quantitative estimate of drug-likeness (QED) is 0.193. The van der Waals surface area contributed by atoms with Crippen LogP contribution in [-0.4, -0.2) is 34.7 Å². The van der Waals surface area contributed by atoms with E-state index in [0.717, 1.165) is 16.7 Å². The van der Waals surface area contributed by atoms with Gasteiger partial charge in [0, 0.05) is 40.5 Å². The molecular formula is C35H28N4O4S2. The van der Waals surface area contributed by atoms with E-state index in [4.69, 9.17) is 4.98 Å². The van der Waals surface area contributed by atoms with E-state index in [1.807, 2.05) is 45.0 Å². The molecular weight excluding hydrogens is 605 g/mol. The smallest absolute Gasteiger partial charge is 0.240 e. The van der Waals surface area contributed by atoms with Crippen molar-refractivity contribution in [1.82, 2.24) is 17.9 Å². The van der Waals surface area contributed by atoms with Crippen molar-refractivity contribution in [3.05, 3.63) is 132 Å². The summed E-state index contributed by atoms with van der Waals surface area (Å²) in [6.07, 6.45) is 4.84. The molecule has 0 bridgehead atoms. The minimum Gasteiger partial charge on any atom is -0.240 e. The Hall–Kier alpha value is -5.06. The Bertz CT molecular complexity index is 2480. The van der Waals surface area contributed by atoms with Crippen LogP contribution in [-0.2, 0) is 20.0 Å². The first-order valence-corrected chi connectivity index (χ1v) is 17.1. The minimum absolute atomic E-state index is 0.175. The highest BCUT2D eigenvalue weighted by atomic mass is 32.2. The largest absolute Gasteiger partial charge is 0.268 e. The van der Waals surface area contributed by atoms with Crippen LogP contribution in [0.3, 0.4) is 0 Å². The highest BCUT2D eigenvalue weighted by Gasteiger charge is 2.25. The summed E-state index contributed by atoms with van der Waals surface area (Å²) < 4.78 is 57.8. The van der Waals surface area contributed by atoms with Crippen LogP contribution in [0.4, 0.5) is 0 Å². The van der Waals surface area contributed by atoms with Crippen LogP contribution in [0.25, 0.3) is 44.5 Å². The fourth-order valence-corrected chi connectivity index (χ4v) is 8.30. The molecule has 4 aromatic carbocycles. The van der Waals surface area contributed by atoms with Crippen molar-refractivity contribution in [3.63, 3.8) is 0 Å². The number of rotatable bonds is 6. The predicted molar refractivity (Wildman–Crippen MR) is 176 cm³/mol. The summed E-state index contributed by atoms with van der Waals surface area (Å²) in [4.78, 5) is 9.91. The van der Waals surface area contributed by atoms with Gasteiger partial charge in [0.25, 0.3) is 20.0 Å². The molecule has 224 valence electrons. The van der Waals surface area contributed by atoms with Crippen LogP contribution in [0, 0.1) is 20.8 Å². The second kappa shape index (κ2) is 10.5. The lowest BCUT2D eigenvalue weighted by atomic mass is 10.1. The fraction of sp³-hybridized carbons (Fsp3) is 0.0857. The molecule has 10 heteroatoms. The molecule has 0 fully saturated rings. The second-order valence-electron chi connectivity index (χ2n) is 11.1. The van der Waals surface area contributed by atoms with Crippen molar-refractivity contribution in [2.75, 3.05) is 0 Å². The zero-order valence-electron chi connectivity index (χ0n) is 24.7. The van der Waals surface area contributed by atoms with Gasteiger partial charge in [0.2, 0.25) is 0 Å². The van der Waals surface area contributed by atoms with Gasteiger partial charge in [0.1, 0.15) is 0 Å². The summed E-state index contributed by atoms with van der Waals surface area (Å²) in [6.45, 7) is 5.68. The average Bonchev–Trinajstić information content (AvgIpc) is 3.62. The van der Waals surface area contributed by atoms with Gasteiger partial charge in [-0.25, -0.2) is 34.7 Å². The maximum Gasteiger partial charge on any atom is 0.268 e. The summed E-state index contributed by atoms with van der Waals surface area (Å²) in [7, 11) is -7.83. The van der Waals surface area contributed by atoms with Gasteiger partial charge in [-0.05, 0) is 62.7 Å². The standard InChI is InChI=1S/C35H28N4O4S2/c1-23-12-16-26(17-13-23)44(40,41)38-21-30(28-8-4-6-10-32(28)38)34-25(3)20-36-35(37-34)31-22-39(33-11-7-5-9-29(31)33)45(42,43)27-18-14-24(2)15-19-27/h4-22H,1-3H3. The Morgan fingerprint density at radius 3 is 1.51 bits per heavy atom. The summed E-state index contributed by atoms with van der Waals surface area (Å²) in [5.41, 5.74) is 5.40. The lowest BCUT2D eigenvalue weighted by Gasteiger charge is -2.08. The number of hydrogen-bond acceptors (Lipinski definition) is 6. The van der Waals surface area contributed by atoms with Gasteiger partial charge < -0.3 is 0 Å². The third-order valence-electron chi connectivity index (χ3n) is 7.98. The highest BCUT2D eigenvalue weighted by molar-refractivity contribution is 7.90. The van der Waals surface area contributed by atoms with Crippen LogP contribution in [0.5, 0.6) is 0 Å². The van der Waals surface area contributed by atoms with Crippen LogP contribution >= 0.6 is 0 Å². The molecule has 0 N–H and O–H groups in total. The zero-order valence-corrected chi connectivity index (χ0v) is 26.3. The third kappa shape index (κ3) is 4.73. The summed E-state index contributed by atoms with van der Waals surface area (Å²) in [6, 6.07) is 28.0. The van der Waals surface area contributed by atoms with Gasteiger partial charge in [-0.1, -0.05) is 71.8 Å². The maximum absolute atomic E-state index is 13.8. The normalized spacial score (nSPS) is 12.2. The molecule has 0 aliphatic rings. The zero-order chi connectivity index (χ0) is 31.5. The molecule has 0 spiro atoms. The van der Waals surface area contributed by atoms with Crippen molar-refractivity contribution >= 4 is 41.9 Å². The molecule has 45 heavy (non-hydrogen) atoms. The number of para-hydroxylation sites is 2. The van der Waals surface area contributed by atoms with Gasteiger partial charge in [-0.15, -0.1) is 0 Å². The molecule has 3 heterocycles. The van der Waals surface area contributed by atoms with Crippen molar-refractivity contribution in [1.29, 1.82) is 0 Å². The summed E-state index contributed by atoms with van der Waals surface area (Å²) >= 11 is 0. The lowest BCUT2D eigenvalue weighted by molar-refractivity contribution is 0.587. The monoisotopic (exact) mass is 632 g/mol. The molecule has 0 aliphatic carbocycles. The SMILES string of the molecule is Cc1ccc(S(=O)(=O)n2cc(-c3ncc(C)c(-c4cn(S(=O)(=O)c5ccc(C)cc5)c5ccccc45)n3)c3ccccc32)cc1. The number of fused-ring (bicyclic) bond motifs is 2. The molecule has 7 aromatic rings. The van der Waals surface area contributed by atoms with E-state index < -0.39 is 20.0 Å². The van der Waals surface area contributed by atoms with E-state index in [1.165, 1.54) is 7.94 Å². The van der Waals surface area contributed by atoms with Crippen LogP contribution in [0.15, 0.2) is 125 Å². The Balaban J connectivity index is 1.41. The molecule has 8 nitrogen and oxygen atoms in total. The first kappa shape index (κ1) is 28.7. The molecule has 0 saturated heterocycles. The molecule has 0 aliphatic heterocycles. The highest BCUT2D eigenvalue weighted by Crippen LogP contribution is 2.36. The Morgan fingerprint density at radius 1 is 0.556 bits per heavy atom. The number of benzene rings is 4. The molecule has 3 aromatic heterocycles. The lowest BCUT2D eigenvalue weighted by Crippen LogP contribution is -2.11. The van der Waals surface area contributed by atoms with Gasteiger partial charge >= 0.3 is 0 Å². The molecule has 0 saturated carbocycles. The molecule has 0 radical (unpaired) electrons. The first-order chi connectivity index (χ1) is 21.6. The van der Waals surface area contributed by atoms with Gasteiger partial charge in [0.15, 0.2) is 5.82 Å². The van der Waals surface area contributed by atoms with E-state index in [1.54, 1.807) is 91.4 Å². The van der Waals surface area contributed by atoms with Gasteiger partial charge in [0.05, 0.1) is 26.5 Å². The average molecular weight is 633 g/mol. The Morgan fingerprint density at radius 2 is 1.00 bits per heavy atom. The molecule has 0 atom stereocenters.